The molecule has 0 aliphatic heterocycles. The number of H-pyrrole nitrogens is 1. The van der Waals surface area contributed by atoms with Crippen molar-refractivity contribution in [2.24, 2.45) is 0 Å². The summed E-state index contributed by atoms with van der Waals surface area (Å²) in [5.41, 5.74) is 0.915. The van der Waals surface area contributed by atoms with E-state index in [4.69, 9.17) is 0 Å². The van der Waals surface area contributed by atoms with Gasteiger partial charge in [0.1, 0.15) is 0 Å². The Morgan fingerprint density at radius 3 is 2.54 bits per heavy atom. The third-order valence-electron chi connectivity index (χ3n) is 4.36. The Bertz CT molecular complexity index is 943. The minimum Gasteiger partial charge on any atom is -0.339 e. The fourth-order valence-corrected chi connectivity index (χ4v) is 2.97. The fraction of sp³-hybridized carbons (Fsp3) is 0.263. The van der Waals surface area contributed by atoms with Crippen LogP contribution in [0.5, 0.6) is 0 Å². The van der Waals surface area contributed by atoms with E-state index in [1.54, 1.807) is 29.2 Å². The monoisotopic (exact) mass is 361 g/mol. The summed E-state index contributed by atoms with van der Waals surface area (Å²) in [5.74, 6) is -0.146. The molecule has 1 amide bonds. The molecule has 0 aliphatic rings. The maximum absolute atomic E-state index is 13.2. The van der Waals surface area contributed by atoms with Crippen molar-refractivity contribution in [3.63, 3.8) is 0 Å². The highest BCUT2D eigenvalue weighted by Gasteiger charge is 2.31. The lowest BCUT2D eigenvalue weighted by Crippen LogP contribution is -2.30. The van der Waals surface area contributed by atoms with Crippen LogP contribution in [0, 0.1) is 0 Å². The molecule has 3 aromatic rings. The van der Waals surface area contributed by atoms with Gasteiger partial charge < -0.3 is 4.90 Å². The number of carbonyl (C=O) groups excluding carboxylic acids is 1. The lowest BCUT2D eigenvalue weighted by molar-refractivity contribution is -0.137. The second kappa shape index (κ2) is 6.82. The van der Waals surface area contributed by atoms with E-state index >= 15 is 0 Å². The smallest absolute Gasteiger partial charge is 0.339 e. The highest BCUT2D eigenvalue weighted by molar-refractivity contribution is 5.99. The number of halogens is 3. The third-order valence-corrected chi connectivity index (χ3v) is 4.36. The van der Waals surface area contributed by atoms with E-state index in [0.717, 1.165) is 12.1 Å². The Morgan fingerprint density at radius 2 is 1.88 bits per heavy atom. The molecule has 26 heavy (non-hydrogen) atoms. The first-order chi connectivity index (χ1) is 12.3. The van der Waals surface area contributed by atoms with E-state index in [2.05, 4.69) is 10.2 Å². The van der Waals surface area contributed by atoms with Crippen LogP contribution in [0.2, 0.25) is 0 Å². The molecule has 2 aromatic carbocycles. The van der Waals surface area contributed by atoms with Gasteiger partial charge in [0, 0.05) is 24.0 Å². The number of carbonyl (C=O) groups is 1. The highest BCUT2D eigenvalue weighted by Crippen LogP contribution is 2.36. The van der Waals surface area contributed by atoms with Gasteiger partial charge in [-0.2, -0.15) is 18.3 Å². The van der Waals surface area contributed by atoms with Crippen molar-refractivity contribution < 1.29 is 18.0 Å². The molecule has 0 fully saturated rings. The molecule has 1 N–H and O–H groups in total. The van der Waals surface area contributed by atoms with Gasteiger partial charge in [0.15, 0.2) is 0 Å². The maximum atomic E-state index is 13.2. The van der Waals surface area contributed by atoms with Gasteiger partial charge in [-0.05, 0) is 49.2 Å². The van der Waals surface area contributed by atoms with Gasteiger partial charge >= 0.3 is 6.18 Å². The van der Waals surface area contributed by atoms with Crippen molar-refractivity contribution in [1.82, 2.24) is 15.1 Å². The van der Waals surface area contributed by atoms with Crippen LogP contribution in [-0.2, 0) is 6.18 Å². The number of amides is 1. The zero-order valence-electron chi connectivity index (χ0n) is 14.4. The molecule has 3 rings (SSSR count). The molecule has 0 radical (unpaired) electrons. The van der Waals surface area contributed by atoms with Crippen LogP contribution < -0.4 is 0 Å². The number of hydrogen-bond acceptors (Lipinski definition) is 2. The standard InChI is InChI=1S/C19H18F3N3O/c1-3-25(4-2)18(26)13-7-5-6-12(8-13)15-9-14(19(20,21)22)10-17-16(15)11-23-24-17/h5-11H,3-4H2,1-2H3,(H,23,24). The van der Waals surface area contributed by atoms with Gasteiger partial charge in [0.25, 0.3) is 5.91 Å². The van der Waals surface area contributed by atoms with Gasteiger partial charge in [0.2, 0.25) is 0 Å². The van der Waals surface area contributed by atoms with Crippen molar-refractivity contribution in [3.8, 4) is 11.1 Å². The fourth-order valence-electron chi connectivity index (χ4n) is 2.97. The molecule has 1 aromatic heterocycles. The summed E-state index contributed by atoms with van der Waals surface area (Å²) in [6.07, 6.45) is -2.98. The Labute approximate surface area is 148 Å². The first-order valence-corrected chi connectivity index (χ1v) is 8.29. The number of nitrogens with zero attached hydrogens (tertiary/aromatic N) is 2. The molecule has 1 heterocycles. The summed E-state index contributed by atoms with van der Waals surface area (Å²) >= 11 is 0. The molecule has 4 nitrogen and oxygen atoms in total. The number of fused-ring (bicyclic) bond motifs is 1. The van der Waals surface area contributed by atoms with Crippen LogP contribution in [0.4, 0.5) is 13.2 Å². The van der Waals surface area contributed by atoms with Crippen molar-refractivity contribution in [2.75, 3.05) is 13.1 Å². The molecule has 136 valence electrons. The van der Waals surface area contributed by atoms with Crippen molar-refractivity contribution in [3.05, 3.63) is 53.7 Å². The van der Waals surface area contributed by atoms with E-state index in [-0.39, 0.29) is 5.91 Å². The molecular weight excluding hydrogens is 343 g/mol. The number of benzene rings is 2. The van der Waals surface area contributed by atoms with E-state index in [1.807, 2.05) is 13.8 Å². The lowest BCUT2D eigenvalue weighted by Gasteiger charge is -2.19. The maximum Gasteiger partial charge on any atom is 0.416 e. The van der Waals surface area contributed by atoms with Crippen LogP contribution in [0.15, 0.2) is 42.6 Å². The Kier molecular flexibility index (Phi) is 4.71. The average Bonchev–Trinajstić information content (AvgIpc) is 3.10. The second-order valence-electron chi connectivity index (χ2n) is 5.91. The number of aromatic amines is 1. The third kappa shape index (κ3) is 3.29. The van der Waals surface area contributed by atoms with E-state index in [9.17, 15) is 18.0 Å². The molecular formula is C19H18F3N3O. The van der Waals surface area contributed by atoms with Crippen LogP contribution >= 0.6 is 0 Å². The number of rotatable bonds is 4. The number of hydrogen-bond donors (Lipinski definition) is 1. The largest absolute Gasteiger partial charge is 0.416 e. The second-order valence-corrected chi connectivity index (χ2v) is 5.91. The lowest BCUT2D eigenvalue weighted by atomic mass is 9.97. The minimum absolute atomic E-state index is 0.146. The first-order valence-electron chi connectivity index (χ1n) is 8.29. The summed E-state index contributed by atoms with van der Waals surface area (Å²) in [6.45, 7) is 4.89. The molecule has 7 heteroatoms. The Balaban J connectivity index is 2.14. The van der Waals surface area contributed by atoms with Gasteiger partial charge in [-0.3, -0.25) is 9.89 Å². The average molecular weight is 361 g/mol. The van der Waals surface area contributed by atoms with E-state index < -0.39 is 11.7 Å². The van der Waals surface area contributed by atoms with Crippen LogP contribution in [0.25, 0.3) is 22.0 Å². The van der Waals surface area contributed by atoms with Crippen molar-refractivity contribution in [1.29, 1.82) is 0 Å². The SMILES string of the molecule is CCN(CC)C(=O)c1cccc(-c2cc(C(F)(F)F)cc3[nH]ncc23)c1. The molecule has 0 saturated heterocycles. The molecule has 0 aliphatic carbocycles. The van der Waals surface area contributed by atoms with Gasteiger partial charge in [-0.15, -0.1) is 0 Å². The van der Waals surface area contributed by atoms with Crippen molar-refractivity contribution in [2.45, 2.75) is 20.0 Å². The normalized spacial score (nSPS) is 11.7. The summed E-state index contributed by atoms with van der Waals surface area (Å²) in [7, 11) is 0. The number of alkyl halides is 3. The predicted octanol–water partition coefficient (Wildman–Crippen LogP) is 4.73. The summed E-state index contributed by atoms with van der Waals surface area (Å²) in [4.78, 5) is 14.2. The number of aromatic nitrogens is 2. The highest BCUT2D eigenvalue weighted by atomic mass is 19.4. The quantitative estimate of drug-likeness (QED) is 0.730. The zero-order valence-corrected chi connectivity index (χ0v) is 14.4. The predicted molar refractivity (Wildman–Crippen MR) is 93.8 cm³/mol. The van der Waals surface area contributed by atoms with E-state index in [0.29, 0.717) is 40.7 Å². The van der Waals surface area contributed by atoms with Gasteiger partial charge in [-0.1, -0.05) is 12.1 Å². The Hall–Kier alpha value is -2.83. The summed E-state index contributed by atoms with van der Waals surface area (Å²) in [5, 5.41) is 7.02. The van der Waals surface area contributed by atoms with Crippen LogP contribution in [0.3, 0.4) is 0 Å². The van der Waals surface area contributed by atoms with Gasteiger partial charge in [-0.25, -0.2) is 0 Å². The topological polar surface area (TPSA) is 49.0 Å². The van der Waals surface area contributed by atoms with E-state index in [1.165, 1.54) is 6.20 Å². The molecule has 0 unspecified atom stereocenters. The molecule has 0 saturated carbocycles. The van der Waals surface area contributed by atoms with Crippen LogP contribution in [0.1, 0.15) is 29.8 Å². The Morgan fingerprint density at radius 1 is 1.15 bits per heavy atom. The zero-order chi connectivity index (χ0) is 18.9. The molecule has 0 spiro atoms. The van der Waals surface area contributed by atoms with Gasteiger partial charge in [0.05, 0.1) is 17.3 Å². The molecule has 0 bridgehead atoms. The summed E-state index contributed by atoms with van der Waals surface area (Å²) in [6, 6.07) is 8.81. The minimum atomic E-state index is -4.47. The van der Waals surface area contributed by atoms with Crippen LogP contribution in [-0.4, -0.2) is 34.1 Å². The number of nitrogens with one attached hydrogen (secondary N) is 1. The molecule has 0 atom stereocenters. The first kappa shape index (κ1) is 18.0. The summed E-state index contributed by atoms with van der Waals surface area (Å²) < 4.78 is 39.7. The van der Waals surface area contributed by atoms with Crippen molar-refractivity contribution >= 4 is 16.8 Å².